The van der Waals surface area contributed by atoms with Crippen LogP contribution < -0.4 is 10.9 Å². The zero-order valence-electron chi connectivity index (χ0n) is 10.8. The summed E-state index contributed by atoms with van der Waals surface area (Å²) in [6.07, 6.45) is 0.316. The normalized spacial score (nSPS) is 12.7. The summed E-state index contributed by atoms with van der Waals surface area (Å²) in [7, 11) is 0. The zero-order valence-corrected chi connectivity index (χ0v) is 10.8. The van der Waals surface area contributed by atoms with Gasteiger partial charge in [0, 0.05) is 18.0 Å². The van der Waals surface area contributed by atoms with Crippen LogP contribution in [0, 0.1) is 0 Å². The first kappa shape index (κ1) is 13.6. The summed E-state index contributed by atoms with van der Waals surface area (Å²) >= 11 is 0. The maximum Gasteiger partial charge on any atom is 0.248 e. The van der Waals surface area contributed by atoms with Crippen molar-refractivity contribution in [3.63, 3.8) is 0 Å². The maximum absolute atomic E-state index is 11.3. The third-order valence-corrected chi connectivity index (χ3v) is 3.03. The van der Waals surface area contributed by atoms with Crippen LogP contribution in [0.15, 0.2) is 29.1 Å². The minimum Gasteiger partial charge on any atom is -0.506 e. The predicted octanol–water partition coefficient (Wildman–Crippen LogP) is 1.27. The number of H-pyrrole nitrogens is 1. The van der Waals surface area contributed by atoms with E-state index in [-0.39, 0.29) is 11.3 Å². The molecule has 0 amide bonds. The van der Waals surface area contributed by atoms with E-state index in [0.717, 1.165) is 13.0 Å². The molecule has 5 nitrogen and oxygen atoms in total. The molecule has 1 unspecified atom stereocenters. The van der Waals surface area contributed by atoms with Crippen molar-refractivity contribution in [1.82, 2.24) is 10.3 Å². The van der Waals surface area contributed by atoms with Crippen LogP contribution in [-0.2, 0) is 0 Å². The molecule has 19 heavy (non-hydrogen) atoms. The number of hydrogen-bond donors (Lipinski definition) is 4. The van der Waals surface area contributed by atoms with Crippen LogP contribution in [0.5, 0.6) is 5.75 Å². The number of nitrogens with one attached hydrogen (secondary N) is 2. The Kier molecular flexibility index (Phi) is 4.19. The summed E-state index contributed by atoms with van der Waals surface area (Å²) < 4.78 is 0. The van der Waals surface area contributed by atoms with Crippen molar-refractivity contribution in [2.24, 2.45) is 0 Å². The number of pyridine rings is 1. The molecule has 0 saturated carbocycles. The van der Waals surface area contributed by atoms with Crippen LogP contribution in [0.1, 0.15) is 25.0 Å². The second-order valence-corrected chi connectivity index (χ2v) is 4.51. The molecule has 0 aliphatic rings. The highest BCUT2D eigenvalue weighted by Gasteiger charge is 2.13. The lowest BCUT2D eigenvalue weighted by atomic mass is 10.0. The largest absolute Gasteiger partial charge is 0.506 e. The van der Waals surface area contributed by atoms with E-state index in [1.54, 1.807) is 12.1 Å². The van der Waals surface area contributed by atoms with Crippen LogP contribution in [0.25, 0.3) is 10.9 Å². The van der Waals surface area contributed by atoms with Gasteiger partial charge in [-0.05, 0) is 30.7 Å². The first-order valence-corrected chi connectivity index (χ1v) is 6.37. The van der Waals surface area contributed by atoms with Gasteiger partial charge in [0.05, 0.1) is 11.6 Å². The number of phenolic OH excluding ortho intramolecular Hbond substituents is 1. The smallest absolute Gasteiger partial charge is 0.248 e. The molecule has 0 radical (unpaired) electrons. The molecule has 0 spiro atoms. The lowest BCUT2D eigenvalue weighted by molar-refractivity contribution is 0.176. The molecular formula is C14H18N2O3. The van der Waals surface area contributed by atoms with E-state index >= 15 is 0 Å². The number of phenols is 1. The zero-order chi connectivity index (χ0) is 13.8. The van der Waals surface area contributed by atoms with E-state index in [9.17, 15) is 15.0 Å². The molecular weight excluding hydrogens is 244 g/mol. The van der Waals surface area contributed by atoms with Gasteiger partial charge in [-0.15, -0.1) is 0 Å². The lowest BCUT2D eigenvalue weighted by Crippen LogP contribution is -2.22. The number of aliphatic hydroxyl groups is 1. The Morgan fingerprint density at radius 3 is 2.84 bits per heavy atom. The third kappa shape index (κ3) is 2.94. The molecule has 2 rings (SSSR count). The van der Waals surface area contributed by atoms with Crippen molar-refractivity contribution in [2.75, 3.05) is 13.1 Å². The van der Waals surface area contributed by atoms with E-state index in [0.29, 0.717) is 23.0 Å². The molecule has 1 heterocycles. The molecule has 5 heteroatoms. The van der Waals surface area contributed by atoms with Crippen molar-refractivity contribution >= 4 is 10.9 Å². The van der Waals surface area contributed by atoms with Crippen molar-refractivity contribution in [3.05, 3.63) is 40.2 Å². The van der Waals surface area contributed by atoms with Gasteiger partial charge in [0.2, 0.25) is 5.56 Å². The Hall–Kier alpha value is -1.85. The first-order valence-electron chi connectivity index (χ1n) is 6.37. The minimum absolute atomic E-state index is 0.00478. The van der Waals surface area contributed by atoms with Crippen LogP contribution >= 0.6 is 0 Å². The fraction of sp³-hybridized carbons (Fsp3) is 0.357. The van der Waals surface area contributed by atoms with Gasteiger partial charge in [-0.1, -0.05) is 13.0 Å². The molecule has 0 aliphatic carbocycles. The average molecular weight is 262 g/mol. The molecule has 1 atom stereocenters. The fourth-order valence-corrected chi connectivity index (χ4v) is 2.08. The van der Waals surface area contributed by atoms with Crippen LogP contribution in [-0.4, -0.2) is 28.3 Å². The fourth-order valence-electron chi connectivity index (χ4n) is 2.08. The van der Waals surface area contributed by atoms with Gasteiger partial charge in [0.15, 0.2) is 0 Å². The number of fused-ring (bicyclic) bond motifs is 1. The monoisotopic (exact) mass is 262 g/mol. The van der Waals surface area contributed by atoms with Gasteiger partial charge >= 0.3 is 0 Å². The van der Waals surface area contributed by atoms with E-state index < -0.39 is 6.10 Å². The molecule has 0 aliphatic heterocycles. The Labute approximate surface area is 110 Å². The summed E-state index contributed by atoms with van der Waals surface area (Å²) in [5.41, 5.74) is 0.769. The van der Waals surface area contributed by atoms with Gasteiger partial charge in [-0.3, -0.25) is 4.79 Å². The number of aromatic hydroxyl groups is 1. The van der Waals surface area contributed by atoms with Crippen molar-refractivity contribution in [3.8, 4) is 5.75 Å². The quantitative estimate of drug-likeness (QED) is 0.611. The number of benzene rings is 1. The van der Waals surface area contributed by atoms with Crippen LogP contribution in [0.2, 0.25) is 0 Å². The van der Waals surface area contributed by atoms with Crippen LogP contribution in [0.3, 0.4) is 0 Å². The summed E-state index contributed by atoms with van der Waals surface area (Å²) in [4.78, 5) is 13.9. The van der Waals surface area contributed by atoms with Crippen molar-refractivity contribution in [2.45, 2.75) is 19.4 Å². The second-order valence-electron chi connectivity index (χ2n) is 4.51. The number of aromatic amines is 1. The Bertz CT molecular complexity index is 622. The summed E-state index contributed by atoms with van der Waals surface area (Å²) in [5.74, 6) is 0.00478. The highest BCUT2D eigenvalue weighted by molar-refractivity contribution is 5.87. The summed E-state index contributed by atoms with van der Waals surface area (Å²) in [6, 6.07) is 6.16. The molecule has 102 valence electrons. The van der Waals surface area contributed by atoms with Crippen LogP contribution in [0.4, 0.5) is 0 Å². The topological polar surface area (TPSA) is 85.3 Å². The van der Waals surface area contributed by atoms with Crippen molar-refractivity contribution < 1.29 is 10.2 Å². The van der Waals surface area contributed by atoms with E-state index in [1.165, 1.54) is 12.1 Å². The Balaban J connectivity index is 2.38. The minimum atomic E-state index is -0.680. The van der Waals surface area contributed by atoms with Gasteiger partial charge in [0.1, 0.15) is 5.75 Å². The van der Waals surface area contributed by atoms with E-state index in [4.69, 9.17) is 0 Å². The highest BCUT2D eigenvalue weighted by atomic mass is 16.3. The lowest BCUT2D eigenvalue weighted by Gasteiger charge is -2.14. The first-order chi connectivity index (χ1) is 9.13. The van der Waals surface area contributed by atoms with Gasteiger partial charge < -0.3 is 20.5 Å². The maximum atomic E-state index is 11.3. The molecule has 0 fully saturated rings. The van der Waals surface area contributed by atoms with Gasteiger partial charge in [0.25, 0.3) is 0 Å². The number of hydrogen-bond acceptors (Lipinski definition) is 4. The molecule has 1 aromatic carbocycles. The molecule has 0 saturated heterocycles. The van der Waals surface area contributed by atoms with Gasteiger partial charge in [-0.25, -0.2) is 0 Å². The number of rotatable bonds is 5. The van der Waals surface area contributed by atoms with Crippen molar-refractivity contribution in [1.29, 1.82) is 0 Å². The Morgan fingerprint density at radius 2 is 2.11 bits per heavy atom. The van der Waals surface area contributed by atoms with E-state index in [2.05, 4.69) is 17.2 Å². The summed E-state index contributed by atoms with van der Waals surface area (Å²) in [5, 5.41) is 23.7. The molecule has 0 bridgehead atoms. The number of aliphatic hydroxyl groups excluding tert-OH is 1. The average Bonchev–Trinajstić information content (AvgIpc) is 2.40. The standard InChI is InChI=1S/C14H18N2O3/c1-2-7-15-8-12(18)9-3-5-11(17)14-10(9)4-6-13(19)16-14/h3-6,12,15,17-18H,2,7-8H2,1H3,(H,16,19). The molecule has 4 N–H and O–H groups in total. The summed E-state index contributed by atoms with van der Waals surface area (Å²) in [6.45, 7) is 3.33. The third-order valence-electron chi connectivity index (χ3n) is 3.03. The van der Waals surface area contributed by atoms with Gasteiger partial charge in [-0.2, -0.15) is 0 Å². The number of aromatic nitrogens is 1. The SMILES string of the molecule is CCCNCC(O)c1ccc(O)c2[nH]c(=O)ccc12. The Morgan fingerprint density at radius 1 is 1.32 bits per heavy atom. The van der Waals surface area contributed by atoms with E-state index in [1.807, 2.05) is 0 Å². The highest BCUT2D eigenvalue weighted by Crippen LogP contribution is 2.28. The second kappa shape index (κ2) is 5.86. The molecule has 2 aromatic rings. The molecule has 1 aromatic heterocycles. The predicted molar refractivity (Wildman–Crippen MR) is 74.4 cm³/mol.